The van der Waals surface area contributed by atoms with Crippen molar-refractivity contribution in [3.8, 4) is 5.75 Å². The molecule has 2 fully saturated rings. The van der Waals surface area contributed by atoms with Crippen LogP contribution in [0.15, 0.2) is 24.3 Å². The van der Waals surface area contributed by atoms with Gasteiger partial charge in [-0.15, -0.1) is 0 Å². The Balaban J connectivity index is 1.44. The molecule has 1 saturated heterocycles. The summed E-state index contributed by atoms with van der Waals surface area (Å²) in [6.45, 7) is 6.91. The monoisotopic (exact) mass is 317 g/mol. The lowest BCUT2D eigenvalue weighted by atomic mass is 10.1. The number of piperazine rings is 1. The van der Waals surface area contributed by atoms with Crippen LogP contribution in [-0.2, 0) is 11.3 Å². The molecule has 3 rings (SSSR count). The molecular formula is C18H27N3O2. The van der Waals surface area contributed by atoms with Gasteiger partial charge in [0, 0.05) is 38.8 Å². The second kappa shape index (κ2) is 7.32. The van der Waals surface area contributed by atoms with E-state index in [0.717, 1.165) is 51.3 Å². The highest BCUT2D eigenvalue weighted by Gasteiger charge is 2.29. The van der Waals surface area contributed by atoms with Crippen molar-refractivity contribution in [2.24, 2.45) is 0 Å². The van der Waals surface area contributed by atoms with Crippen molar-refractivity contribution in [2.45, 2.75) is 38.4 Å². The molecule has 1 aliphatic carbocycles. The van der Waals surface area contributed by atoms with Gasteiger partial charge in [-0.1, -0.05) is 12.1 Å². The molecule has 1 aromatic carbocycles. The highest BCUT2D eigenvalue weighted by molar-refractivity contribution is 5.81. The SMILES string of the molecule is COc1ccc(CN2CCN([C@@H](C)C(=O)NC3CC3)CC2)cc1. The fraction of sp³-hybridized carbons (Fsp3) is 0.611. The molecule has 1 heterocycles. The standard InChI is InChI=1S/C18H27N3O2/c1-14(18(22)19-16-5-6-16)21-11-9-20(10-12-21)13-15-3-7-17(23-2)8-4-15/h3-4,7-8,14,16H,5-6,9-13H2,1-2H3,(H,19,22)/t14-/m0/s1. The van der Waals surface area contributed by atoms with E-state index in [0.29, 0.717) is 6.04 Å². The largest absolute Gasteiger partial charge is 0.497 e. The lowest BCUT2D eigenvalue weighted by Crippen LogP contribution is -2.53. The van der Waals surface area contributed by atoms with E-state index in [-0.39, 0.29) is 11.9 Å². The maximum atomic E-state index is 12.1. The van der Waals surface area contributed by atoms with Gasteiger partial charge < -0.3 is 10.1 Å². The predicted molar refractivity (Wildman–Crippen MR) is 90.5 cm³/mol. The molecular weight excluding hydrogens is 290 g/mol. The second-order valence-electron chi connectivity index (χ2n) is 6.62. The van der Waals surface area contributed by atoms with E-state index in [9.17, 15) is 4.79 Å². The summed E-state index contributed by atoms with van der Waals surface area (Å²) >= 11 is 0. The third kappa shape index (κ3) is 4.45. The minimum Gasteiger partial charge on any atom is -0.497 e. The summed E-state index contributed by atoms with van der Waals surface area (Å²) in [4.78, 5) is 16.9. The van der Waals surface area contributed by atoms with E-state index in [1.807, 2.05) is 19.1 Å². The van der Waals surface area contributed by atoms with Crippen LogP contribution in [0.4, 0.5) is 0 Å². The lowest BCUT2D eigenvalue weighted by molar-refractivity contribution is -0.126. The number of hydrogen-bond donors (Lipinski definition) is 1. The molecule has 5 heteroatoms. The Morgan fingerprint density at radius 1 is 1.22 bits per heavy atom. The first-order chi connectivity index (χ1) is 11.2. The molecule has 1 aliphatic heterocycles. The highest BCUT2D eigenvalue weighted by Crippen LogP contribution is 2.19. The number of nitrogens with zero attached hydrogens (tertiary/aromatic N) is 2. The molecule has 1 amide bonds. The molecule has 1 saturated carbocycles. The Bertz CT molecular complexity index is 520. The first kappa shape index (κ1) is 16.3. The zero-order valence-corrected chi connectivity index (χ0v) is 14.1. The minimum atomic E-state index is -0.0151. The minimum absolute atomic E-state index is 0.0151. The molecule has 0 spiro atoms. The van der Waals surface area contributed by atoms with E-state index in [1.165, 1.54) is 5.56 Å². The van der Waals surface area contributed by atoms with Crippen LogP contribution in [0, 0.1) is 0 Å². The number of benzene rings is 1. The van der Waals surface area contributed by atoms with Gasteiger partial charge >= 0.3 is 0 Å². The second-order valence-corrected chi connectivity index (χ2v) is 6.62. The fourth-order valence-electron chi connectivity index (χ4n) is 3.01. The van der Waals surface area contributed by atoms with Crippen LogP contribution in [-0.4, -0.2) is 61.1 Å². The highest BCUT2D eigenvalue weighted by atomic mass is 16.5. The van der Waals surface area contributed by atoms with Crippen molar-refractivity contribution in [2.75, 3.05) is 33.3 Å². The molecule has 0 radical (unpaired) electrons. The number of carbonyl (C=O) groups excluding carboxylic acids is 1. The summed E-state index contributed by atoms with van der Waals surface area (Å²) in [7, 11) is 1.69. The Labute approximate surface area is 138 Å². The van der Waals surface area contributed by atoms with Crippen molar-refractivity contribution < 1.29 is 9.53 Å². The van der Waals surface area contributed by atoms with E-state index in [4.69, 9.17) is 4.74 Å². The Morgan fingerprint density at radius 3 is 2.43 bits per heavy atom. The number of carbonyl (C=O) groups is 1. The molecule has 0 bridgehead atoms. The molecule has 1 N–H and O–H groups in total. The average molecular weight is 317 g/mol. The lowest BCUT2D eigenvalue weighted by Gasteiger charge is -2.37. The normalized spacial score (nSPS) is 21.0. The van der Waals surface area contributed by atoms with E-state index in [1.54, 1.807) is 7.11 Å². The Hall–Kier alpha value is -1.59. The number of ether oxygens (including phenoxy) is 1. The molecule has 0 aromatic heterocycles. The molecule has 1 aromatic rings. The van der Waals surface area contributed by atoms with Crippen LogP contribution in [0.25, 0.3) is 0 Å². The number of rotatable bonds is 6. The van der Waals surface area contributed by atoms with E-state index < -0.39 is 0 Å². The summed E-state index contributed by atoms with van der Waals surface area (Å²) in [6, 6.07) is 8.69. The first-order valence-electron chi connectivity index (χ1n) is 8.55. The van der Waals surface area contributed by atoms with Gasteiger partial charge in [-0.2, -0.15) is 0 Å². The molecule has 2 aliphatic rings. The van der Waals surface area contributed by atoms with Crippen LogP contribution in [0.5, 0.6) is 5.75 Å². The molecule has 5 nitrogen and oxygen atoms in total. The van der Waals surface area contributed by atoms with Gasteiger partial charge in [0.1, 0.15) is 5.75 Å². The predicted octanol–water partition coefficient (Wildman–Crippen LogP) is 1.48. The number of hydrogen-bond acceptors (Lipinski definition) is 4. The molecule has 23 heavy (non-hydrogen) atoms. The average Bonchev–Trinajstić information content (AvgIpc) is 3.39. The molecule has 1 atom stereocenters. The summed E-state index contributed by atoms with van der Waals surface area (Å²) in [5.74, 6) is 1.09. The maximum absolute atomic E-state index is 12.1. The van der Waals surface area contributed by atoms with Crippen LogP contribution < -0.4 is 10.1 Å². The summed E-state index contributed by atoms with van der Waals surface area (Å²) in [5.41, 5.74) is 1.30. The maximum Gasteiger partial charge on any atom is 0.237 e. The van der Waals surface area contributed by atoms with Crippen molar-refractivity contribution in [3.63, 3.8) is 0 Å². The summed E-state index contributed by atoms with van der Waals surface area (Å²) in [5, 5.41) is 3.11. The van der Waals surface area contributed by atoms with Gasteiger partial charge in [-0.3, -0.25) is 14.6 Å². The third-order valence-electron chi connectivity index (χ3n) is 4.82. The van der Waals surface area contributed by atoms with Crippen molar-refractivity contribution in [3.05, 3.63) is 29.8 Å². The fourth-order valence-corrected chi connectivity index (χ4v) is 3.01. The van der Waals surface area contributed by atoms with Crippen LogP contribution in [0.3, 0.4) is 0 Å². The molecule has 0 unspecified atom stereocenters. The number of methoxy groups -OCH3 is 1. The Kier molecular flexibility index (Phi) is 5.18. The van der Waals surface area contributed by atoms with Crippen molar-refractivity contribution >= 4 is 5.91 Å². The van der Waals surface area contributed by atoms with E-state index in [2.05, 4.69) is 27.2 Å². The van der Waals surface area contributed by atoms with Gasteiger partial charge in [0.2, 0.25) is 5.91 Å². The summed E-state index contributed by atoms with van der Waals surface area (Å²) in [6.07, 6.45) is 2.29. The van der Waals surface area contributed by atoms with Gasteiger partial charge in [0.25, 0.3) is 0 Å². The Morgan fingerprint density at radius 2 is 1.87 bits per heavy atom. The zero-order chi connectivity index (χ0) is 16.2. The van der Waals surface area contributed by atoms with E-state index >= 15 is 0 Å². The van der Waals surface area contributed by atoms with Crippen LogP contribution >= 0.6 is 0 Å². The van der Waals surface area contributed by atoms with Gasteiger partial charge in [-0.05, 0) is 37.5 Å². The molecule has 126 valence electrons. The van der Waals surface area contributed by atoms with Gasteiger partial charge in [0.05, 0.1) is 13.2 Å². The third-order valence-corrected chi connectivity index (χ3v) is 4.82. The number of nitrogens with one attached hydrogen (secondary N) is 1. The van der Waals surface area contributed by atoms with Crippen molar-refractivity contribution in [1.82, 2.24) is 15.1 Å². The first-order valence-corrected chi connectivity index (χ1v) is 8.55. The summed E-state index contributed by atoms with van der Waals surface area (Å²) < 4.78 is 5.20. The topological polar surface area (TPSA) is 44.8 Å². The van der Waals surface area contributed by atoms with Gasteiger partial charge in [0.15, 0.2) is 0 Å². The van der Waals surface area contributed by atoms with Gasteiger partial charge in [-0.25, -0.2) is 0 Å². The smallest absolute Gasteiger partial charge is 0.237 e. The van der Waals surface area contributed by atoms with Crippen molar-refractivity contribution in [1.29, 1.82) is 0 Å². The van der Waals surface area contributed by atoms with Crippen LogP contribution in [0.2, 0.25) is 0 Å². The number of amides is 1. The zero-order valence-electron chi connectivity index (χ0n) is 14.1. The quantitative estimate of drug-likeness (QED) is 0.863. The van der Waals surface area contributed by atoms with Crippen LogP contribution in [0.1, 0.15) is 25.3 Å².